The van der Waals surface area contributed by atoms with E-state index in [0.717, 1.165) is 0 Å². The number of piperazine rings is 1. The minimum atomic E-state index is -0.549. The van der Waals surface area contributed by atoms with Crippen LogP contribution in [0, 0.1) is 11.3 Å². The van der Waals surface area contributed by atoms with Crippen molar-refractivity contribution < 1.29 is 9.53 Å². The molecule has 0 unspecified atom stereocenters. The van der Waals surface area contributed by atoms with Gasteiger partial charge in [0.2, 0.25) is 0 Å². The summed E-state index contributed by atoms with van der Waals surface area (Å²) < 4.78 is 5.91. The summed E-state index contributed by atoms with van der Waals surface area (Å²) in [6.45, 7) is 6.50. The maximum atomic E-state index is 12.9. The lowest BCUT2D eigenvalue weighted by atomic mass is 9.92. The summed E-state index contributed by atoms with van der Waals surface area (Å²) in [5, 5.41) is 13.4. The van der Waals surface area contributed by atoms with E-state index in [1.165, 1.54) is 0 Å². The molecule has 0 aromatic heterocycles. The molecule has 5 heteroatoms. The van der Waals surface area contributed by atoms with Crippen LogP contribution >= 0.6 is 0 Å². The highest BCUT2D eigenvalue weighted by Crippen LogP contribution is 2.37. The molecule has 0 atom stereocenters. The zero-order chi connectivity index (χ0) is 15.7. The summed E-state index contributed by atoms with van der Waals surface area (Å²) >= 11 is 0. The van der Waals surface area contributed by atoms with Gasteiger partial charge in [-0.3, -0.25) is 4.79 Å². The van der Waals surface area contributed by atoms with Gasteiger partial charge in [0.25, 0.3) is 5.91 Å². The standard InChI is InChI=1S/C17H18N3O2/c1-17(2)10-14(16(21)20-7-5-19-6-8-20)13-9-12(11-18)3-4-15(13)22-17/h3-4,9-10H,5-8H2,1-2H3. The van der Waals surface area contributed by atoms with Gasteiger partial charge in [0.05, 0.1) is 17.2 Å². The van der Waals surface area contributed by atoms with E-state index in [2.05, 4.69) is 11.4 Å². The van der Waals surface area contributed by atoms with E-state index in [1.807, 2.05) is 24.8 Å². The third-order valence-electron chi connectivity index (χ3n) is 3.84. The van der Waals surface area contributed by atoms with Crippen molar-refractivity contribution in [1.29, 1.82) is 5.26 Å². The molecular formula is C17H18N3O2. The van der Waals surface area contributed by atoms with Crippen LogP contribution in [-0.2, 0) is 4.79 Å². The number of fused-ring (bicyclic) bond motifs is 1. The minimum Gasteiger partial charge on any atom is -0.483 e. The Balaban J connectivity index is 2.03. The second-order valence-electron chi connectivity index (χ2n) is 6.05. The van der Waals surface area contributed by atoms with Crippen LogP contribution in [0.3, 0.4) is 0 Å². The van der Waals surface area contributed by atoms with Crippen molar-refractivity contribution in [3.8, 4) is 11.8 Å². The number of benzene rings is 1. The molecule has 1 radical (unpaired) electrons. The SMILES string of the molecule is CC1(C)C=C(C(=O)N2CC[N]CC2)c2cc(C#N)ccc2O1. The number of rotatable bonds is 1. The van der Waals surface area contributed by atoms with Gasteiger partial charge in [-0.25, -0.2) is 5.32 Å². The van der Waals surface area contributed by atoms with E-state index >= 15 is 0 Å². The molecule has 0 aliphatic carbocycles. The minimum absolute atomic E-state index is 0.0115. The molecule has 0 N–H and O–H groups in total. The number of amides is 1. The number of carbonyl (C=O) groups excluding carboxylic acids is 1. The predicted octanol–water partition coefficient (Wildman–Crippen LogP) is 1.56. The number of hydrogen-bond donors (Lipinski definition) is 0. The number of ether oxygens (including phenoxy) is 1. The molecule has 1 amide bonds. The lowest BCUT2D eigenvalue weighted by Gasteiger charge is -2.33. The first-order chi connectivity index (χ1) is 10.5. The van der Waals surface area contributed by atoms with Gasteiger partial charge in [0.15, 0.2) is 0 Å². The van der Waals surface area contributed by atoms with E-state index in [4.69, 9.17) is 10.00 Å². The number of nitriles is 1. The molecular weight excluding hydrogens is 278 g/mol. The molecule has 3 rings (SSSR count). The highest BCUT2D eigenvalue weighted by atomic mass is 16.5. The Hall–Kier alpha value is -2.32. The van der Waals surface area contributed by atoms with E-state index in [1.54, 1.807) is 18.2 Å². The third kappa shape index (κ3) is 2.70. The van der Waals surface area contributed by atoms with Crippen LogP contribution in [0.15, 0.2) is 24.3 Å². The van der Waals surface area contributed by atoms with Crippen molar-refractivity contribution >= 4 is 11.5 Å². The second-order valence-corrected chi connectivity index (χ2v) is 6.05. The van der Waals surface area contributed by atoms with Crippen LogP contribution in [-0.4, -0.2) is 42.6 Å². The number of hydrogen-bond acceptors (Lipinski definition) is 3. The van der Waals surface area contributed by atoms with Crippen molar-refractivity contribution in [3.05, 3.63) is 35.4 Å². The third-order valence-corrected chi connectivity index (χ3v) is 3.84. The number of carbonyl (C=O) groups is 1. The Morgan fingerprint density at radius 2 is 2.09 bits per heavy atom. The van der Waals surface area contributed by atoms with Gasteiger partial charge in [-0.1, -0.05) is 0 Å². The van der Waals surface area contributed by atoms with E-state index in [0.29, 0.717) is 48.6 Å². The highest BCUT2D eigenvalue weighted by molar-refractivity contribution is 6.20. The zero-order valence-corrected chi connectivity index (χ0v) is 12.8. The Bertz CT molecular complexity index is 680. The zero-order valence-electron chi connectivity index (χ0n) is 12.8. The van der Waals surface area contributed by atoms with Crippen molar-refractivity contribution in [2.24, 2.45) is 0 Å². The molecule has 2 aliphatic heterocycles. The van der Waals surface area contributed by atoms with Crippen LogP contribution in [0.1, 0.15) is 25.0 Å². The molecule has 2 heterocycles. The quantitative estimate of drug-likeness (QED) is 0.790. The molecule has 0 spiro atoms. The summed E-state index contributed by atoms with van der Waals surface area (Å²) in [5.74, 6) is 0.638. The largest absolute Gasteiger partial charge is 0.483 e. The summed E-state index contributed by atoms with van der Waals surface area (Å²) in [4.78, 5) is 14.7. The van der Waals surface area contributed by atoms with Crippen LogP contribution in [0.5, 0.6) is 5.75 Å². The van der Waals surface area contributed by atoms with E-state index in [9.17, 15) is 4.79 Å². The smallest absolute Gasteiger partial charge is 0.254 e. The molecule has 113 valence electrons. The van der Waals surface area contributed by atoms with Crippen LogP contribution in [0.2, 0.25) is 0 Å². The first kappa shape index (κ1) is 14.6. The first-order valence-corrected chi connectivity index (χ1v) is 7.39. The van der Waals surface area contributed by atoms with Crippen molar-refractivity contribution in [3.63, 3.8) is 0 Å². The van der Waals surface area contributed by atoms with Crippen molar-refractivity contribution in [1.82, 2.24) is 10.2 Å². The topological polar surface area (TPSA) is 67.4 Å². The summed E-state index contributed by atoms with van der Waals surface area (Å²) in [6, 6.07) is 7.31. The normalized spacial score (nSPS) is 19.5. The fraction of sp³-hybridized carbons (Fsp3) is 0.412. The maximum Gasteiger partial charge on any atom is 0.254 e. The van der Waals surface area contributed by atoms with Gasteiger partial charge >= 0.3 is 0 Å². The average Bonchev–Trinajstić information content (AvgIpc) is 2.53. The average molecular weight is 296 g/mol. The molecule has 1 fully saturated rings. The van der Waals surface area contributed by atoms with E-state index in [-0.39, 0.29) is 5.91 Å². The monoisotopic (exact) mass is 296 g/mol. The fourth-order valence-electron chi connectivity index (χ4n) is 2.79. The van der Waals surface area contributed by atoms with Gasteiger partial charge in [0, 0.05) is 31.7 Å². The van der Waals surface area contributed by atoms with Crippen molar-refractivity contribution in [2.45, 2.75) is 19.4 Å². The summed E-state index contributed by atoms with van der Waals surface area (Å²) in [5.41, 5.74) is 1.29. The highest BCUT2D eigenvalue weighted by Gasteiger charge is 2.32. The van der Waals surface area contributed by atoms with Crippen LogP contribution < -0.4 is 10.1 Å². The molecule has 2 aliphatic rings. The maximum absolute atomic E-state index is 12.9. The van der Waals surface area contributed by atoms with Crippen LogP contribution in [0.25, 0.3) is 5.57 Å². The lowest BCUT2D eigenvalue weighted by Crippen LogP contribution is -2.45. The molecule has 5 nitrogen and oxygen atoms in total. The summed E-state index contributed by atoms with van der Waals surface area (Å²) in [7, 11) is 0. The Morgan fingerprint density at radius 1 is 1.36 bits per heavy atom. The van der Waals surface area contributed by atoms with Gasteiger partial charge in [-0.2, -0.15) is 5.26 Å². The fourth-order valence-corrected chi connectivity index (χ4v) is 2.79. The molecule has 22 heavy (non-hydrogen) atoms. The Morgan fingerprint density at radius 3 is 2.77 bits per heavy atom. The molecule has 1 saturated heterocycles. The Labute approximate surface area is 130 Å². The number of nitrogens with zero attached hydrogens (tertiary/aromatic N) is 3. The predicted molar refractivity (Wildman–Crippen MR) is 82.3 cm³/mol. The first-order valence-electron chi connectivity index (χ1n) is 7.39. The van der Waals surface area contributed by atoms with Crippen molar-refractivity contribution in [2.75, 3.05) is 26.2 Å². The molecule has 1 aromatic rings. The van der Waals surface area contributed by atoms with Crippen LogP contribution in [0.4, 0.5) is 0 Å². The lowest BCUT2D eigenvalue weighted by molar-refractivity contribution is -0.125. The molecule has 0 saturated carbocycles. The van der Waals surface area contributed by atoms with Gasteiger partial charge in [-0.15, -0.1) is 0 Å². The van der Waals surface area contributed by atoms with Gasteiger partial charge < -0.3 is 9.64 Å². The summed E-state index contributed by atoms with van der Waals surface area (Å²) in [6.07, 6.45) is 1.85. The van der Waals surface area contributed by atoms with E-state index < -0.39 is 5.60 Å². The second kappa shape index (κ2) is 5.47. The molecule has 0 bridgehead atoms. The Kier molecular flexibility index (Phi) is 3.63. The van der Waals surface area contributed by atoms with Gasteiger partial charge in [0.1, 0.15) is 11.4 Å². The molecule has 1 aromatic carbocycles. The van der Waals surface area contributed by atoms with Gasteiger partial charge in [-0.05, 0) is 38.1 Å².